The molecule has 0 saturated carbocycles. The molecule has 1 heterocycles. The van der Waals surface area contributed by atoms with Crippen LogP contribution in [0.15, 0.2) is 28.3 Å². The first-order valence-electron chi connectivity index (χ1n) is 4.39. The van der Waals surface area contributed by atoms with Gasteiger partial charge in [0.15, 0.2) is 5.03 Å². The Hall–Kier alpha value is -1.32. The van der Waals surface area contributed by atoms with Crippen molar-refractivity contribution in [3.05, 3.63) is 28.4 Å². The monoisotopic (exact) mass is 275 g/mol. The number of hydrogen-bond acceptors (Lipinski definition) is 7. The highest BCUT2D eigenvalue weighted by molar-refractivity contribution is 8.00. The van der Waals surface area contributed by atoms with Crippen molar-refractivity contribution in [1.82, 2.24) is 4.98 Å². The van der Waals surface area contributed by atoms with Gasteiger partial charge >= 0.3 is 5.97 Å². The van der Waals surface area contributed by atoms with E-state index in [-0.39, 0.29) is 10.8 Å². The number of rotatable bonds is 6. The predicted molar refractivity (Wildman–Crippen MR) is 63.4 cm³/mol. The van der Waals surface area contributed by atoms with Gasteiger partial charge in [-0.15, -0.1) is 11.8 Å². The maximum absolute atomic E-state index is 10.5. The number of hydrogen-bond donors (Lipinski definition) is 2. The third-order valence-corrected chi connectivity index (χ3v) is 3.58. The smallest absolute Gasteiger partial charge is 0.321 e. The van der Waals surface area contributed by atoms with Crippen LogP contribution in [0, 0.1) is 10.1 Å². The molecule has 0 aliphatic carbocycles. The highest BCUT2D eigenvalue weighted by atomic mass is 32.2. The molecule has 0 aromatic carbocycles. The summed E-state index contributed by atoms with van der Waals surface area (Å²) >= 11 is 1.52. The fourth-order valence-electron chi connectivity index (χ4n) is 0.876. The molecule has 3 N–H and O–H groups in total. The first-order chi connectivity index (χ1) is 8.00. The lowest BCUT2D eigenvalue weighted by Gasteiger charge is -2.06. The molecule has 0 saturated heterocycles. The Labute approximate surface area is 105 Å². The van der Waals surface area contributed by atoms with Gasteiger partial charge in [-0.3, -0.25) is 14.9 Å². The lowest BCUT2D eigenvalue weighted by Crippen LogP contribution is -2.32. The van der Waals surface area contributed by atoms with Crippen LogP contribution in [0.4, 0.5) is 0 Å². The molecule has 0 aliphatic heterocycles. The maximum atomic E-state index is 10.5. The quantitative estimate of drug-likeness (QED) is 0.339. The van der Waals surface area contributed by atoms with E-state index in [1.54, 1.807) is 12.1 Å². The molecule has 0 fully saturated rings. The van der Waals surface area contributed by atoms with Crippen molar-refractivity contribution >= 4 is 29.7 Å². The SMILES string of the molecule is N[C@@H](CSc1cccnc1S[N+](=O)[O-])C(=O)O. The summed E-state index contributed by atoms with van der Waals surface area (Å²) < 4.78 is -0.566. The molecular weight excluding hydrogens is 266 g/mol. The van der Waals surface area contributed by atoms with Gasteiger partial charge in [-0.05, 0) is 12.1 Å². The molecule has 1 atom stereocenters. The van der Waals surface area contributed by atoms with Crippen molar-refractivity contribution in [2.24, 2.45) is 5.73 Å². The number of nitrogens with zero attached hydrogens (tertiary/aromatic N) is 2. The van der Waals surface area contributed by atoms with Crippen LogP contribution in [0.25, 0.3) is 0 Å². The van der Waals surface area contributed by atoms with E-state index in [2.05, 4.69) is 4.98 Å². The molecule has 1 rings (SSSR count). The highest BCUT2D eigenvalue weighted by Gasteiger charge is 2.16. The van der Waals surface area contributed by atoms with E-state index in [1.165, 1.54) is 6.20 Å². The second kappa shape index (κ2) is 6.42. The van der Waals surface area contributed by atoms with Gasteiger partial charge in [0.1, 0.15) is 10.4 Å². The van der Waals surface area contributed by atoms with Crippen LogP contribution in [0.5, 0.6) is 0 Å². The molecule has 0 radical (unpaired) electrons. The summed E-state index contributed by atoms with van der Waals surface area (Å²) in [6.45, 7) is 0. The fraction of sp³-hybridized carbons (Fsp3) is 0.250. The number of carbonyl (C=O) groups is 1. The van der Waals surface area contributed by atoms with Crippen LogP contribution < -0.4 is 5.73 Å². The molecule has 0 amide bonds. The molecule has 92 valence electrons. The minimum absolute atomic E-state index is 0.131. The van der Waals surface area contributed by atoms with Gasteiger partial charge in [-0.1, -0.05) is 0 Å². The lowest BCUT2D eigenvalue weighted by atomic mass is 10.4. The van der Waals surface area contributed by atoms with E-state index >= 15 is 0 Å². The number of pyridine rings is 1. The van der Waals surface area contributed by atoms with E-state index in [0.717, 1.165) is 11.8 Å². The number of aliphatic carboxylic acids is 1. The third-order valence-electron chi connectivity index (χ3n) is 1.63. The van der Waals surface area contributed by atoms with E-state index in [9.17, 15) is 14.9 Å². The average molecular weight is 275 g/mol. The van der Waals surface area contributed by atoms with Gasteiger partial charge in [0, 0.05) is 16.8 Å². The molecule has 0 aliphatic rings. The summed E-state index contributed by atoms with van der Waals surface area (Å²) in [6.07, 6.45) is 1.44. The van der Waals surface area contributed by atoms with Gasteiger partial charge in [0.25, 0.3) is 11.9 Å². The average Bonchev–Trinajstić information content (AvgIpc) is 2.26. The minimum Gasteiger partial charge on any atom is -0.480 e. The minimum atomic E-state index is -1.11. The number of nitrogens with two attached hydrogens (primary N) is 1. The lowest BCUT2D eigenvalue weighted by molar-refractivity contribution is -0.284. The van der Waals surface area contributed by atoms with E-state index < -0.39 is 16.3 Å². The first kappa shape index (κ1) is 13.7. The van der Waals surface area contributed by atoms with Crippen molar-refractivity contribution in [3.8, 4) is 0 Å². The molecule has 9 heteroatoms. The number of thioether (sulfide) groups is 1. The van der Waals surface area contributed by atoms with Crippen LogP contribution >= 0.6 is 23.7 Å². The van der Waals surface area contributed by atoms with Gasteiger partial charge in [0.05, 0.1) is 0 Å². The van der Waals surface area contributed by atoms with Gasteiger partial charge in [-0.2, -0.15) is 0 Å². The zero-order chi connectivity index (χ0) is 12.8. The number of carboxylic acid groups (broad SMARTS) is 1. The Balaban J connectivity index is 2.70. The third kappa shape index (κ3) is 4.59. The molecule has 0 spiro atoms. The highest BCUT2D eigenvalue weighted by Crippen LogP contribution is 2.28. The van der Waals surface area contributed by atoms with Crippen molar-refractivity contribution < 1.29 is 14.2 Å². The largest absolute Gasteiger partial charge is 0.480 e. The summed E-state index contributed by atoms with van der Waals surface area (Å²) in [5.74, 6) is -0.975. The molecule has 0 unspecified atom stereocenters. The van der Waals surface area contributed by atoms with Crippen LogP contribution in [-0.4, -0.2) is 32.2 Å². The summed E-state index contributed by atoms with van der Waals surface area (Å²) in [7, 11) is 0. The van der Waals surface area contributed by atoms with Gasteiger partial charge < -0.3 is 10.8 Å². The summed E-state index contributed by atoms with van der Waals surface area (Å²) in [5.41, 5.74) is 5.33. The number of aromatic nitrogens is 1. The zero-order valence-electron chi connectivity index (χ0n) is 8.48. The van der Waals surface area contributed by atoms with Crippen molar-refractivity contribution in [2.45, 2.75) is 16.0 Å². The normalized spacial score (nSPS) is 12.1. The molecule has 17 heavy (non-hydrogen) atoms. The fourth-order valence-corrected chi connectivity index (χ4v) is 2.42. The predicted octanol–water partition coefficient (Wildman–Crippen LogP) is 0.869. The van der Waals surface area contributed by atoms with Crippen LogP contribution in [0.3, 0.4) is 0 Å². The second-order valence-electron chi connectivity index (χ2n) is 2.88. The van der Waals surface area contributed by atoms with E-state index in [4.69, 9.17) is 10.8 Å². The molecule has 0 bridgehead atoms. The molecule has 1 aromatic heterocycles. The standard InChI is InChI=1S/C8H9N3O4S2/c9-5(8(12)13)4-16-6-2-1-3-10-7(6)17-11(14)15/h1-3,5H,4,9H2,(H,12,13)/t5-/m0/s1. The summed E-state index contributed by atoms with van der Waals surface area (Å²) in [4.78, 5) is 25.3. The van der Waals surface area contributed by atoms with Crippen LogP contribution in [0.2, 0.25) is 0 Å². The van der Waals surface area contributed by atoms with Crippen molar-refractivity contribution in [1.29, 1.82) is 0 Å². The maximum Gasteiger partial charge on any atom is 0.321 e. The number of carboxylic acids is 1. The summed E-state index contributed by atoms with van der Waals surface area (Å²) in [5, 5.41) is 19.2. The Morgan fingerprint density at radius 1 is 1.71 bits per heavy atom. The molecule has 1 aromatic rings. The van der Waals surface area contributed by atoms with Crippen molar-refractivity contribution in [2.75, 3.05) is 5.75 Å². The van der Waals surface area contributed by atoms with Gasteiger partial charge in [0.2, 0.25) is 0 Å². The Morgan fingerprint density at radius 3 is 3.00 bits per heavy atom. The van der Waals surface area contributed by atoms with Gasteiger partial charge in [-0.25, -0.2) is 4.98 Å². The van der Waals surface area contributed by atoms with E-state index in [0.29, 0.717) is 16.8 Å². The second-order valence-corrected chi connectivity index (χ2v) is 4.81. The van der Waals surface area contributed by atoms with Crippen LogP contribution in [-0.2, 0) is 4.79 Å². The molecule has 7 nitrogen and oxygen atoms in total. The first-order valence-corrected chi connectivity index (χ1v) is 6.15. The van der Waals surface area contributed by atoms with Crippen molar-refractivity contribution in [3.63, 3.8) is 0 Å². The zero-order valence-corrected chi connectivity index (χ0v) is 10.1. The van der Waals surface area contributed by atoms with E-state index in [1.807, 2.05) is 0 Å². The Bertz CT molecular complexity index is 429. The topological polar surface area (TPSA) is 119 Å². The molecular formula is C8H9N3O4S2. The number of nitro groups is 1. The summed E-state index contributed by atoms with van der Waals surface area (Å²) in [6, 6.07) is 2.25. The Kier molecular flexibility index (Phi) is 5.19. The Morgan fingerprint density at radius 2 is 2.41 bits per heavy atom. The van der Waals surface area contributed by atoms with Crippen LogP contribution in [0.1, 0.15) is 0 Å².